The SMILES string of the molecule is CCCCC(CCCCCCCCCCCCC(=O)O)c1cccc(O)c1. The Hall–Kier alpha value is -1.51. The van der Waals surface area contributed by atoms with Crippen LogP contribution in [0.3, 0.4) is 0 Å². The van der Waals surface area contributed by atoms with E-state index in [0.717, 1.165) is 12.8 Å². The molecule has 0 aliphatic heterocycles. The number of phenols is 1. The molecule has 0 saturated heterocycles. The van der Waals surface area contributed by atoms with Crippen LogP contribution in [0, 0.1) is 0 Å². The van der Waals surface area contributed by atoms with Crippen LogP contribution in [0.15, 0.2) is 24.3 Å². The van der Waals surface area contributed by atoms with E-state index in [4.69, 9.17) is 5.11 Å². The molecule has 1 atom stereocenters. The van der Waals surface area contributed by atoms with E-state index in [1.165, 1.54) is 82.6 Å². The van der Waals surface area contributed by atoms with Gasteiger partial charge in [-0.25, -0.2) is 0 Å². The van der Waals surface area contributed by atoms with Crippen LogP contribution in [0.25, 0.3) is 0 Å². The number of phenolic OH excluding ortho intramolecular Hbond substituents is 1. The topological polar surface area (TPSA) is 57.5 Å². The van der Waals surface area contributed by atoms with Crippen LogP contribution in [-0.2, 0) is 4.79 Å². The van der Waals surface area contributed by atoms with Gasteiger partial charge in [0.05, 0.1) is 0 Å². The van der Waals surface area contributed by atoms with Crippen molar-refractivity contribution < 1.29 is 15.0 Å². The molecule has 0 aromatic heterocycles. The van der Waals surface area contributed by atoms with Gasteiger partial charge in [0.2, 0.25) is 0 Å². The number of carbonyl (C=O) groups is 1. The molecule has 154 valence electrons. The van der Waals surface area contributed by atoms with Crippen LogP contribution in [0.2, 0.25) is 0 Å². The number of aliphatic carboxylic acids is 1. The van der Waals surface area contributed by atoms with Gasteiger partial charge in [0.1, 0.15) is 5.75 Å². The number of hydrogen-bond acceptors (Lipinski definition) is 2. The van der Waals surface area contributed by atoms with Gasteiger partial charge in [0.25, 0.3) is 0 Å². The second-order valence-corrected chi connectivity index (χ2v) is 7.90. The van der Waals surface area contributed by atoms with Crippen LogP contribution in [0.1, 0.15) is 115 Å². The lowest BCUT2D eigenvalue weighted by Gasteiger charge is -2.17. The molecule has 0 saturated carbocycles. The zero-order valence-corrected chi connectivity index (χ0v) is 17.3. The molecule has 0 spiro atoms. The highest BCUT2D eigenvalue weighted by molar-refractivity contribution is 5.66. The van der Waals surface area contributed by atoms with Crippen molar-refractivity contribution in [3.63, 3.8) is 0 Å². The molecule has 3 nitrogen and oxygen atoms in total. The van der Waals surface area contributed by atoms with Gasteiger partial charge in [0, 0.05) is 6.42 Å². The maximum absolute atomic E-state index is 10.4. The standard InChI is InChI=1S/C24H40O3/c1-2-3-15-21(22-17-14-18-23(25)20-22)16-12-10-8-6-4-5-7-9-11-13-19-24(26)27/h14,17-18,20-21,25H,2-13,15-16,19H2,1H3,(H,26,27). The minimum absolute atomic E-state index is 0.321. The number of benzene rings is 1. The van der Waals surface area contributed by atoms with E-state index < -0.39 is 5.97 Å². The third-order valence-corrected chi connectivity index (χ3v) is 5.44. The van der Waals surface area contributed by atoms with Gasteiger partial charge in [-0.1, -0.05) is 89.7 Å². The first-order chi connectivity index (χ1) is 13.1. The first kappa shape index (κ1) is 23.5. The van der Waals surface area contributed by atoms with Gasteiger partial charge in [-0.3, -0.25) is 4.79 Å². The predicted octanol–water partition coefficient (Wildman–Crippen LogP) is 7.43. The van der Waals surface area contributed by atoms with Crippen molar-refractivity contribution in [1.29, 1.82) is 0 Å². The van der Waals surface area contributed by atoms with Crippen LogP contribution < -0.4 is 0 Å². The molecule has 0 bridgehead atoms. The smallest absolute Gasteiger partial charge is 0.303 e. The monoisotopic (exact) mass is 376 g/mol. The van der Waals surface area contributed by atoms with Gasteiger partial charge in [-0.2, -0.15) is 0 Å². The van der Waals surface area contributed by atoms with Crippen LogP contribution in [0.5, 0.6) is 5.75 Å². The normalized spacial score (nSPS) is 12.2. The second kappa shape index (κ2) is 15.5. The van der Waals surface area contributed by atoms with E-state index in [0.29, 0.717) is 18.1 Å². The number of carboxylic acids is 1. The van der Waals surface area contributed by atoms with Crippen molar-refractivity contribution in [2.75, 3.05) is 0 Å². The van der Waals surface area contributed by atoms with Gasteiger partial charge >= 0.3 is 5.97 Å². The van der Waals surface area contributed by atoms with Crippen molar-refractivity contribution in [3.05, 3.63) is 29.8 Å². The zero-order valence-electron chi connectivity index (χ0n) is 17.3. The number of unbranched alkanes of at least 4 members (excludes halogenated alkanes) is 10. The quantitative estimate of drug-likeness (QED) is 0.278. The number of carboxylic acid groups (broad SMARTS) is 1. The summed E-state index contributed by atoms with van der Waals surface area (Å²) in [6.07, 6.45) is 17.4. The molecule has 1 aromatic carbocycles. The summed E-state index contributed by atoms with van der Waals surface area (Å²) in [5.41, 5.74) is 1.30. The Morgan fingerprint density at radius 1 is 0.852 bits per heavy atom. The maximum atomic E-state index is 10.4. The fraction of sp³-hybridized carbons (Fsp3) is 0.708. The van der Waals surface area contributed by atoms with Gasteiger partial charge in [0.15, 0.2) is 0 Å². The first-order valence-electron chi connectivity index (χ1n) is 11.1. The molecule has 2 N–H and O–H groups in total. The third-order valence-electron chi connectivity index (χ3n) is 5.44. The summed E-state index contributed by atoms with van der Waals surface area (Å²) in [5.74, 6) is 0.302. The Morgan fingerprint density at radius 3 is 1.96 bits per heavy atom. The number of hydrogen-bond donors (Lipinski definition) is 2. The molecule has 0 heterocycles. The fourth-order valence-corrected chi connectivity index (χ4v) is 3.79. The molecule has 0 amide bonds. The maximum Gasteiger partial charge on any atom is 0.303 e. The summed E-state index contributed by atoms with van der Waals surface area (Å²) >= 11 is 0. The lowest BCUT2D eigenvalue weighted by Crippen LogP contribution is -1.99. The fourth-order valence-electron chi connectivity index (χ4n) is 3.79. The molecule has 1 rings (SSSR count). The first-order valence-corrected chi connectivity index (χ1v) is 11.1. The van der Waals surface area contributed by atoms with E-state index in [9.17, 15) is 9.90 Å². The average Bonchev–Trinajstić information content (AvgIpc) is 2.64. The molecule has 0 radical (unpaired) electrons. The van der Waals surface area contributed by atoms with Crippen molar-refractivity contribution in [2.24, 2.45) is 0 Å². The second-order valence-electron chi connectivity index (χ2n) is 7.90. The molecule has 0 aliphatic carbocycles. The summed E-state index contributed by atoms with van der Waals surface area (Å²) in [7, 11) is 0. The van der Waals surface area contributed by atoms with Crippen molar-refractivity contribution in [1.82, 2.24) is 0 Å². The molecular weight excluding hydrogens is 336 g/mol. The van der Waals surface area contributed by atoms with Crippen molar-refractivity contribution in [2.45, 2.75) is 109 Å². The van der Waals surface area contributed by atoms with Crippen LogP contribution in [0.4, 0.5) is 0 Å². The highest BCUT2D eigenvalue weighted by Crippen LogP contribution is 2.30. The molecule has 0 aliphatic rings. The van der Waals surface area contributed by atoms with Gasteiger partial charge in [-0.15, -0.1) is 0 Å². The predicted molar refractivity (Wildman–Crippen MR) is 113 cm³/mol. The van der Waals surface area contributed by atoms with Crippen LogP contribution >= 0.6 is 0 Å². The molecule has 27 heavy (non-hydrogen) atoms. The third kappa shape index (κ3) is 12.5. The van der Waals surface area contributed by atoms with Gasteiger partial charge in [-0.05, 0) is 42.9 Å². The largest absolute Gasteiger partial charge is 0.508 e. The summed E-state index contributed by atoms with van der Waals surface area (Å²) in [5, 5.41) is 18.3. The average molecular weight is 377 g/mol. The van der Waals surface area contributed by atoms with Crippen molar-refractivity contribution >= 4 is 5.97 Å². The van der Waals surface area contributed by atoms with E-state index in [1.807, 2.05) is 12.1 Å². The highest BCUT2D eigenvalue weighted by atomic mass is 16.4. The molecule has 1 unspecified atom stereocenters. The zero-order chi connectivity index (χ0) is 19.7. The minimum Gasteiger partial charge on any atom is -0.508 e. The number of aromatic hydroxyl groups is 1. The Morgan fingerprint density at radius 2 is 1.41 bits per heavy atom. The Balaban J connectivity index is 2.06. The molecule has 1 aromatic rings. The number of rotatable bonds is 17. The Kier molecular flexibility index (Phi) is 13.5. The molecule has 3 heteroatoms. The minimum atomic E-state index is -0.670. The highest BCUT2D eigenvalue weighted by Gasteiger charge is 2.11. The van der Waals surface area contributed by atoms with Gasteiger partial charge < -0.3 is 10.2 Å². The summed E-state index contributed by atoms with van der Waals surface area (Å²) < 4.78 is 0. The summed E-state index contributed by atoms with van der Waals surface area (Å²) in [4.78, 5) is 10.4. The Labute approximate surface area is 166 Å². The van der Waals surface area contributed by atoms with E-state index >= 15 is 0 Å². The summed E-state index contributed by atoms with van der Waals surface area (Å²) in [6.45, 7) is 2.24. The van der Waals surface area contributed by atoms with Crippen LogP contribution in [-0.4, -0.2) is 16.2 Å². The van der Waals surface area contributed by atoms with Crippen molar-refractivity contribution in [3.8, 4) is 5.75 Å². The van der Waals surface area contributed by atoms with E-state index in [-0.39, 0.29) is 0 Å². The lowest BCUT2D eigenvalue weighted by molar-refractivity contribution is -0.137. The lowest BCUT2D eigenvalue weighted by atomic mass is 9.88. The molecule has 0 fully saturated rings. The molecular formula is C24H40O3. The Bertz CT molecular complexity index is 498. The van der Waals surface area contributed by atoms with E-state index in [1.54, 1.807) is 6.07 Å². The summed E-state index contributed by atoms with van der Waals surface area (Å²) in [6, 6.07) is 7.82. The van der Waals surface area contributed by atoms with E-state index in [2.05, 4.69) is 13.0 Å².